The highest BCUT2D eigenvalue weighted by atomic mass is 16.3. The van der Waals surface area contributed by atoms with Crippen molar-refractivity contribution < 1.29 is 19.8 Å². The minimum atomic E-state index is -1.32. The molecule has 20 heavy (non-hydrogen) atoms. The molecule has 0 saturated heterocycles. The summed E-state index contributed by atoms with van der Waals surface area (Å²) in [5.41, 5.74) is 10.3. The normalized spacial score (nSPS) is 13.3. The van der Waals surface area contributed by atoms with Gasteiger partial charge >= 0.3 is 0 Å². The Morgan fingerprint density at radius 1 is 1.05 bits per heavy atom. The van der Waals surface area contributed by atoms with E-state index in [2.05, 4.69) is 13.2 Å². The minimum Gasteiger partial charge on any atom is -0.384 e. The third kappa shape index (κ3) is 2.76. The second kappa shape index (κ2) is 6.14. The van der Waals surface area contributed by atoms with Crippen molar-refractivity contribution in [3.63, 3.8) is 0 Å². The standard InChI is InChI=1S/C14H16N2O4/c1-3-9(17)7-5-6-8(13(15)19)11(10(18)4-2)12(7)14(16)20/h3-6,9-10,17-18H,1-2H2,(H2,15,19)(H2,16,20). The molecule has 0 aliphatic rings. The van der Waals surface area contributed by atoms with Crippen molar-refractivity contribution in [2.24, 2.45) is 11.5 Å². The zero-order valence-corrected chi connectivity index (χ0v) is 10.7. The molecule has 0 aliphatic heterocycles. The lowest BCUT2D eigenvalue weighted by molar-refractivity contribution is 0.0988. The van der Waals surface area contributed by atoms with Crippen LogP contribution in [0.25, 0.3) is 0 Å². The van der Waals surface area contributed by atoms with Crippen molar-refractivity contribution in [2.45, 2.75) is 12.2 Å². The molecule has 2 unspecified atom stereocenters. The molecule has 0 aliphatic carbocycles. The zero-order valence-electron chi connectivity index (χ0n) is 10.7. The Morgan fingerprint density at radius 3 is 2.00 bits per heavy atom. The van der Waals surface area contributed by atoms with Gasteiger partial charge in [0.05, 0.1) is 17.8 Å². The molecule has 2 amide bonds. The molecule has 1 aromatic rings. The van der Waals surface area contributed by atoms with Crippen LogP contribution in [-0.4, -0.2) is 22.0 Å². The predicted molar refractivity (Wildman–Crippen MR) is 73.8 cm³/mol. The first kappa shape index (κ1) is 15.6. The third-order valence-electron chi connectivity index (χ3n) is 2.85. The molecule has 0 aromatic heterocycles. The highest BCUT2D eigenvalue weighted by Crippen LogP contribution is 2.30. The summed E-state index contributed by atoms with van der Waals surface area (Å²) in [5, 5.41) is 19.7. The van der Waals surface area contributed by atoms with Crippen LogP contribution in [0.1, 0.15) is 44.1 Å². The summed E-state index contributed by atoms with van der Waals surface area (Å²) in [6.07, 6.45) is -0.180. The highest BCUT2D eigenvalue weighted by molar-refractivity contribution is 6.02. The van der Waals surface area contributed by atoms with Gasteiger partial charge in [0.1, 0.15) is 0 Å². The number of nitrogens with two attached hydrogens (primary N) is 2. The van der Waals surface area contributed by atoms with Crippen molar-refractivity contribution >= 4 is 11.8 Å². The van der Waals surface area contributed by atoms with Crippen LogP contribution in [0.3, 0.4) is 0 Å². The zero-order chi connectivity index (χ0) is 15.4. The largest absolute Gasteiger partial charge is 0.384 e. The van der Waals surface area contributed by atoms with Gasteiger partial charge in [-0.1, -0.05) is 18.2 Å². The lowest BCUT2D eigenvalue weighted by Gasteiger charge is -2.19. The van der Waals surface area contributed by atoms with Crippen LogP contribution < -0.4 is 11.5 Å². The van der Waals surface area contributed by atoms with Gasteiger partial charge in [0.2, 0.25) is 11.8 Å². The summed E-state index contributed by atoms with van der Waals surface area (Å²) in [4.78, 5) is 23.0. The average molecular weight is 276 g/mol. The van der Waals surface area contributed by atoms with Crippen molar-refractivity contribution in [3.05, 3.63) is 59.7 Å². The Morgan fingerprint density at radius 2 is 1.60 bits per heavy atom. The van der Waals surface area contributed by atoms with Crippen molar-refractivity contribution in [1.29, 1.82) is 0 Å². The van der Waals surface area contributed by atoms with Gasteiger partial charge in [-0.05, 0) is 11.6 Å². The van der Waals surface area contributed by atoms with Crippen LogP contribution >= 0.6 is 0 Å². The van der Waals surface area contributed by atoms with Crippen molar-refractivity contribution in [3.8, 4) is 0 Å². The number of aliphatic hydroxyl groups excluding tert-OH is 2. The second-order valence-electron chi connectivity index (χ2n) is 4.08. The summed E-state index contributed by atoms with van der Waals surface area (Å²) in [6, 6.07) is 2.64. The number of carbonyl (C=O) groups is 2. The number of benzene rings is 1. The molecule has 1 aromatic carbocycles. The van der Waals surface area contributed by atoms with Gasteiger partial charge in [0, 0.05) is 11.1 Å². The molecule has 6 heteroatoms. The second-order valence-corrected chi connectivity index (χ2v) is 4.08. The molecule has 1 rings (SSSR count). The molecule has 106 valence electrons. The van der Waals surface area contributed by atoms with E-state index in [1.54, 1.807) is 0 Å². The highest BCUT2D eigenvalue weighted by Gasteiger charge is 2.25. The molecule has 0 radical (unpaired) electrons. The number of amides is 2. The first-order chi connectivity index (χ1) is 9.34. The topological polar surface area (TPSA) is 127 Å². The lowest BCUT2D eigenvalue weighted by Crippen LogP contribution is -2.24. The van der Waals surface area contributed by atoms with Gasteiger partial charge in [-0.3, -0.25) is 9.59 Å². The number of hydrogen-bond acceptors (Lipinski definition) is 4. The molecule has 6 N–H and O–H groups in total. The number of primary amides is 2. The first-order valence-corrected chi connectivity index (χ1v) is 5.72. The van der Waals surface area contributed by atoms with Crippen molar-refractivity contribution in [1.82, 2.24) is 0 Å². The monoisotopic (exact) mass is 276 g/mol. The summed E-state index contributed by atoms with van der Waals surface area (Å²) in [5.74, 6) is -1.73. The van der Waals surface area contributed by atoms with Gasteiger partial charge in [-0.2, -0.15) is 0 Å². The Balaban J connectivity index is 3.78. The molecule has 0 spiro atoms. The molecule has 0 heterocycles. The maximum Gasteiger partial charge on any atom is 0.249 e. The maximum atomic E-state index is 11.6. The van der Waals surface area contributed by atoms with Crippen LogP contribution in [0.4, 0.5) is 0 Å². The van der Waals surface area contributed by atoms with Gasteiger partial charge in [-0.25, -0.2) is 0 Å². The Labute approximate surface area is 116 Å². The number of carbonyl (C=O) groups excluding carboxylic acids is 2. The van der Waals surface area contributed by atoms with E-state index in [1.165, 1.54) is 18.2 Å². The molecular weight excluding hydrogens is 260 g/mol. The number of rotatable bonds is 6. The van der Waals surface area contributed by atoms with Gasteiger partial charge < -0.3 is 21.7 Å². The van der Waals surface area contributed by atoms with Crippen LogP contribution in [0, 0.1) is 0 Å². The summed E-state index contributed by atoms with van der Waals surface area (Å²) < 4.78 is 0. The van der Waals surface area contributed by atoms with E-state index in [4.69, 9.17) is 11.5 Å². The van der Waals surface area contributed by atoms with Crippen LogP contribution in [0.15, 0.2) is 37.4 Å². The van der Waals surface area contributed by atoms with E-state index in [1.807, 2.05) is 0 Å². The summed E-state index contributed by atoms with van der Waals surface area (Å²) in [6.45, 7) is 6.81. The minimum absolute atomic E-state index is 0.0637. The van der Waals surface area contributed by atoms with Crippen molar-refractivity contribution in [2.75, 3.05) is 0 Å². The maximum absolute atomic E-state index is 11.6. The molecule has 2 atom stereocenters. The van der Waals surface area contributed by atoms with E-state index >= 15 is 0 Å². The molecule has 0 fully saturated rings. The number of hydrogen-bond donors (Lipinski definition) is 4. The fourth-order valence-corrected chi connectivity index (χ4v) is 1.92. The molecular formula is C14H16N2O4. The molecule has 0 saturated carbocycles. The van der Waals surface area contributed by atoms with Crippen LogP contribution in [0.5, 0.6) is 0 Å². The SMILES string of the molecule is C=CC(O)c1ccc(C(N)=O)c(C(O)C=C)c1C(N)=O. The van der Waals surface area contributed by atoms with E-state index < -0.39 is 24.0 Å². The van der Waals surface area contributed by atoms with Crippen LogP contribution in [-0.2, 0) is 0 Å². The average Bonchev–Trinajstić information content (AvgIpc) is 2.43. The Kier molecular flexibility index (Phi) is 4.79. The van der Waals surface area contributed by atoms with Gasteiger partial charge in [0.15, 0.2) is 0 Å². The van der Waals surface area contributed by atoms with Crippen LogP contribution in [0.2, 0.25) is 0 Å². The third-order valence-corrected chi connectivity index (χ3v) is 2.85. The Bertz CT molecular complexity index is 581. The Hall–Kier alpha value is -2.44. The smallest absolute Gasteiger partial charge is 0.249 e. The fraction of sp³-hybridized carbons (Fsp3) is 0.143. The number of aliphatic hydroxyl groups is 2. The fourth-order valence-electron chi connectivity index (χ4n) is 1.92. The van der Waals surface area contributed by atoms with E-state index in [9.17, 15) is 19.8 Å². The van der Waals surface area contributed by atoms with E-state index in [0.29, 0.717) is 0 Å². The van der Waals surface area contributed by atoms with Gasteiger partial charge in [0.25, 0.3) is 0 Å². The molecule has 0 bridgehead atoms. The van der Waals surface area contributed by atoms with E-state index in [0.717, 1.165) is 6.08 Å². The predicted octanol–water partition coefficient (Wildman–Crippen LogP) is 0.323. The summed E-state index contributed by atoms with van der Waals surface area (Å²) >= 11 is 0. The molecule has 6 nitrogen and oxygen atoms in total. The van der Waals surface area contributed by atoms with Gasteiger partial charge in [-0.15, -0.1) is 13.2 Å². The van der Waals surface area contributed by atoms with E-state index in [-0.39, 0.29) is 22.3 Å². The quantitative estimate of drug-likeness (QED) is 0.558. The first-order valence-electron chi connectivity index (χ1n) is 5.72. The summed E-state index contributed by atoms with van der Waals surface area (Å²) in [7, 11) is 0. The lowest BCUT2D eigenvalue weighted by atomic mass is 9.89.